The van der Waals surface area contributed by atoms with Crippen LogP contribution in [0.5, 0.6) is 0 Å². The molecule has 2 N–H and O–H groups in total. The Balaban J connectivity index is 1.68. The van der Waals surface area contributed by atoms with Gasteiger partial charge in [0.25, 0.3) is 0 Å². The molecule has 2 aliphatic rings. The minimum Gasteiger partial charge on any atom is -0.327 e. The first kappa shape index (κ1) is 18.3. The lowest BCUT2D eigenvalue weighted by atomic mass is 9.78. The topological polar surface area (TPSA) is 80.5 Å². The van der Waals surface area contributed by atoms with Gasteiger partial charge in [-0.15, -0.1) is 0 Å². The molecule has 0 spiro atoms. The first-order valence-corrected chi connectivity index (χ1v) is 10.9. The fraction of sp³-hybridized carbons (Fsp3) is 0.381. The standard InChI is InChI=1S/C21H24N2O3S/c22-19-11-6-9-16-13-23(14-18(16)19)27(25,26)20-12-5-4-10-17(20)21(24)15-7-2-1-3-8-15/h1-5,7-8,10,12,16,18-19H,6,9,11,13-14,22H2. The molecule has 5 nitrogen and oxygen atoms in total. The van der Waals surface area contributed by atoms with E-state index in [9.17, 15) is 13.2 Å². The third kappa shape index (κ3) is 3.33. The fourth-order valence-electron chi connectivity index (χ4n) is 4.44. The number of carbonyl (C=O) groups excluding carboxylic acids is 1. The Bertz CT molecular complexity index is 943. The van der Waals surface area contributed by atoms with E-state index < -0.39 is 10.0 Å². The molecule has 2 fully saturated rings. The molecule has 2 aromatic rings. The SMILES string of the molecule is NC1CCCC2CN(S(=O)(=O)c3ccccc3C(=O)c3ccccc3)CC12. The van der Waals surface area contributed by atoms with Crippen molar-refractivity contribution in [3.63, 3.8) is 0 Å². The Morgan fingerprint density at radius 2 is 1.67 bits per heavy atom. The van der Waals surface area contributed by atoms with Gasteiger partial charge in [-0.2, -0.15) is 4.31 Å². The van der Waals surface area contributed by atoms with Gasteiger partial charge in [0.05, 0.1) is 4.90 Å². The first-order chi connectivity index (χ1) is 13.0. The molecular weight excluding hydrogens is 360 g/mol. The number of ketones is 1. The van der Waals surface area contributed by atoms with Gasteiger partial charge in [0.1, 0.15) is 0 Å². The van der Waals surface area contributed by atoms with Crippen LogP contribution in [0.15, 0.2) is 59.5 Å². The average molecular weight is 385 g/mol. The second kappa shape index (κ2) is 7.19. The highest BCUT2D eigenvalue weighted by Crippen LogP contribution is 2.38. The van der Waals surface area contributed by atoms with Crippen molar-refractivity contribution < 1.29 is 13.2 Å². The Labute approximate surface area is 160 Å². The van der Waals surface area contributed by atoms with Crippen LogP contribution in [-0.2, 0) is 10.0 Å². The Hall–Kier alpha value is -2.02. The predicted molar refractivity (Wildman–Crippen MR) is 104 cm³/mol. The molecule has 0 amide bonds. The number of hydrogen-bond donors (Lipinski definition) is 1. The molecule has 3 unspecified atom stereocenters. The van der Waals surface area contributed by atoms with Crippen molar-refractivity contribution in [1.82, 2.24) is 4.31 Å². The van der Waals surface area contributed by atoms with E-state index in [4.69, 9.17) is 5.73 Å². The highest BCUT2D eigenvalue weighted by atomic mass is 32.2. The molecule has 27 heavy (non-hydrogen) atoms. The zero-order valence-corrected chi connectivity index (χ0v) is 15.9. The summed E-state index contributed by atoms with van der Waals surface area (Å²) in [5, 5.41) is 0. The fourth-order valence-corrected chi connectivity index (χ4v) is 6.16. The van der Waals surface area contributed by atoms with Crippen molar-refractivity contribution in [1.29, 1.82) is 0 Å². The Morgan fingerprint density at radius 3 is 2.41 bits per heavy atom. The predicted octanol–water partition coefficient (Wildman–Crippen LogP) is 2.67. The highest BCUT2D eigenvalue weighted by Gasteiger charge is 2.43. The van der Waals surface area contributed by atoms with E-state index in [0.29, 0.717) is 24.6 Å². The second-order valence-electron chi connectivity index (χ2n) is 7.53. The summed E-state index contributed by atoms with van der Waals surface area (Å²) in [5.41, 5.74) is 6.95. The molecule has 0 radical (unpaired) electrons. The van der Waals surface area contributed by atoms with Crippen LogP contribution >= 0.6 is 0 Å². The summed E-state index contributed by atoms with van der Waals surface area (Å²) in [5.74, 6) is 0.258. The number of sulfonamides is 1. The smallest absolute Gasteiger partial charge is 0.243 e. The van der Waals surface area contributed by atoms with Crippen molar-refractivity contribution in [2.75, 3.05) is 13.1 Å². The maximum Gasteiger partial charge on any atom is 0.243 e. The summed E-state index contributed by atoms with van der Waals surface area (Å²) in [6.07, 6.45) is 3.03. The number of benzene rings is 2. The number of hydrogen-bond acceptors (Lipinski definition) is 4. The molecule has 0 aromatic heterocycles. The molecule has 6 heteroatoms. The molecule has 1 saturated heterocycles. The van der Waals surface area contributed by atoms with Gasteiger partial charge in [-0.25, -0.2) is 8.42 Å². The minimum atomic E-state index is -3.75. The molecule has 142 valence electrons. The quantitative estimate of drug-likeness (QED) is 0.822. The van der Waals surface area contributed by atoms with Gasteiger partial charge in [-0.1, -0.05) is 48.9 Å². The van der Waals surface area contributed by atoms with Crippen LogP contribution in [0.4, 0.5) is 0 Å². The summed E-state index contributed by atoms with van der Waals surface area (Å²) in [6.45, 7) is 0.941. The second-order valence-corrected chi connectivity index (χ2v) is 9.44. The van der Waals surface area contributed by atoms with Crippen LogP contribution in [-0.4, -0.2) is 37.6 Å². The summed E-state index contributed by atoms with van der Waals surface area (Å²) in [7, 11) is -3.75. The molecule has 1 heterocycles. The van der Waals surface area contributed by atoms with Crippen molar-refractivity contribution in [3.8, 4) is 0 Å². The number of nitrogens with two attached hydrogens (primary N) is 1. The van der Waals surface area contributed by atoms with Crippen LogP contribution in [0.25, 0.3) is 0 Å². The number of carbonyl (C=O) groups is 1. The van der Waals surface area contributed by atoms with Gasteiger partial charge in [0.15, 0.2) is 5.78 Å². The van der Waals surface area contributed by atoms with Crippen LogP contribution < -0.4 is 5.73 Å². The molecular formula is C21H24N2O3S. The van der Waals surface area contributed by atoms with E-state index in [2.05, 4.69) is 0 Å². The first-order valence-electron chi connectivity index (χ1n) is 9.43. The Morgan fingerprint density at radius 1 is 0.963 bits per heavy atom. The monoisotopic (exact) mass is 384 g/mol. The van der Waals surface area contributed by atoms with Crippen LogP contribution in [0, 0.1) is 11.8 Å². The molecule has 1 aliphatic heterocycles. The lowest BCUT2D eigenvalue weighted by Gasteiger charge is -2.29. The van der Waals surface area contributed by atoms with Gasteiger partial charge >= 0.3 is 0 Å². The van der Waals surface area contributed by atoms with Crippen molar-refractivity contribution in [2.45, 2.75) is 30.2 Å². The number of rotatable bonds is 4. The van der Waals surface area contributed by atoms with E-state index in [1.165, 1.54) is 10.4 Å². The van der Waals surface area contributed by atoms with Crippen LogP contribution in [0.1, 0.15) is 35.2 Å². The van der Waals surface area contributed by atoms with Crippen LogP contribution in [0.3, 0.4) is 0 Å². The molecule has 0 bridgehead atoms. The molecule has 4 rings (SSSR count). The summed E-state index contributed by atoms with van der Waals surface area (Å²) < 4.78 is 28.3. The lowest BCUT2D eigenvalue weighted by molar-refractivity contribution is 0.103. The van der Waals surface area contributed by atoms with Gasteiger partial charge < -0.3 is 5.73 Å². The van der Waals surface area contributed by atoms with E-state index in [0.717, 1.165) is 19.3 Å². The summed E-state index contributed by atoms with van der Waals surface area (Å²) >= 11 is 0. The van der Waals surface area contributed by atoms with E-state index >= 15 is 0 Å². The van der Waals surface area contributed by atoms with Gasteiger partial charge in [0, 0.05) is 30.3 Å². The lowest BCUT2D eigenvalue weighted by Crippen LogP contribution is -2.38. The third-order valence-corrected chi connectivity index (χ3v) is 7.80. The van der Waals surface area contributed by atoms with E-state index in [1.54, 1.807) is 42.5 Å². The molecule has 3 atom stereocenters. The maximum absolute atomic E-state index is 13.4. The molecule has 1 saturated carbocycles. The largest absolute Gasteiger partial charge is 0.327 e. The minimum absolute atomic E-state index is 0.0603. The van der Waals surface area contributed by atoms with Crippen molar-refractivity contribution in [3.05, 3.63) is 65.7 Å². The third-order valence-electron chi connectivity index (χ3n) is 5.91. The number of fused-ring (bicyclic) bond motifs is 1. The normalized spacial score (nSPS) is 25.9. The van der Waals surface area contributed by atoms with Crippen LogP contribution in [0.2, 0.25) is 0 Å². The highest BCUT2D eigenvalue weighted by molar-refractivity contribution is 7.89. The zero-order chi connectivity index (χ0) is 19.0. The Kier molecular flexibility index (Phi) is 4.88. The van der Waals surface area contributed by atoms with Gasteiger partial charge in [-0.3, -0.25) is 4.79 Å². The summed E-state index contributed by atoms with van der Waals surface area (Å²) in [4.78, 5) is 13.0. The zero-order valence-electron chi connectivity index (χ0n) is 15.1. The maximum atomic E-state index is 13.4. The van der Waals surface area contributed by atoms with Gasteiger partial charge in [-0.05, 0) is 36.8 Å². The molecule has 1 aliphatic carbocycles. The van der Waals surface area contributed by atoms with E-state index in [1.807, 2.05) is 6.07 Å². The van der Waals surface area contributed by atoms with E-state index in [-0.39, 0.29) is 28.2 Å². The molecule has 2 aromatic carbocycles. The van der Waals surface area contributed by atoms with Crippen molar-refractivity contribution in [2.24, 2.45) is 17.6 Å². The average Bonchev–Trinajstić information content (AvgIpc) is 3.15. The van der Waals surface area contributed by atoms with Gasteiger partial charge in [0.2, 0.25) is 10.0 Å². The summed E-state index contributed by atoms with van der Waals surface area (Å²) in [6, 6.07) is 15.3. The number of nitrogens with zero attached hydrogens (tertiary/aromatic N) is 1. The van der Waals surface area contributed by atoms with Crippen molar-refractivity contribution >= 4 is 15.8 Å².